The summed E-state index contributed by atoms with van der Waals surface area (Å²) in [6.45, 7) is 2.16. The normalized spacial score (nSPS) is 12.3. The van der Waals surface area contributed by atoms with E-state index in [0.29, 0.717) is 11.8 Å². The van der Waals surface area contributed by atoms with Gasteiger partial charge in [-0.15, -0.1) is 11.6 Å². The molecule has 0 N–H and O–H groups in total. The number of rotatable bonds is 5. The Labute approximate surface area is 96.2 Å². The zero-order valence-electron chi connectivity index (χ0n) is 9.42. The van der Waals surface area contributed by atoms with Gasteiger partial charge in [0, 0.05) is 5.88 Å². The fraction of sp³-hybridized carbons (Fsp3) is 0.500. The van der Waals surface area contributed by atoms with E-state index in [1.807, 2.05) is 12.1 Å². The minimum absolute atomic E-state index is 0.447. The Balaban J connectivity index is 2.92. The molecular formula is C12H17ClO2. The Morgan fingerprint density at radius 1 is 1.20 bits per heavy atom. The van der Waals surface area contributed by atoms with Gasteiger partial charge in [-0.05, 0) is 30.0 Å². The van der Waals surface area contributed by atoms with Crippen LogP contribution in [0.1, 0.15) is 24.8 Å². The van der Waals surface area contributed by atoms with Crippen molar-refractivity contribution >= 4 is 11.6 Å². The molecule has 2 nitrogen and oxygen atoms in total. The fourth-order valence-corrected chi connectivity index (χ4v) is 1.82. The molecule has 0 aliphatic heterocycles. The van der Waals surface area contributed by atoms with Gasteiger partial charge in [-0.2, -0.15) is 0 Å². The number of hydrogen-bond acceptors (Lipinski definition) is 2. The van der Waals surface area contributed by atoms with Gasteiger partial charge in [-0.1, -0.05) is 13.0 Å². The van der Waals surface area contributed by atoms with E-state index in [1.165, 1.54) is 5.56 Å². The smallest absolute Gasteiger partial charge is 0.160 e. The summed E-state index contributed by atoms with van der Waals surface area (Å²) in [5.41, 5.74) is 1.23. The van der Waals surface area contributed by atoms with Gasteiger partial charge in [0.1, 0.15) is 0 Å². The highest BCUT2D eigenvalue weighted by Gasteiger charge is 2.09. The molecule has 0 bridgehead atoms. The van der Waals surface area contributed by atoms with Crippen LogP contribution >= 0.6 is 11.6 Å². The van der Waals surface area contributed by atoms with Crippen molar-refractivity contribution in [2.75, 3.05) is 20.1 Å². The Kier molecular flexibility index (Phi) is 4.76. The van der Waals surface area contributed by atoms with Crippen LogP contribution in [-0.4, -0.2) is 20.1 Å². The van der Waals surface area contributed by atoms with Crippen molar-refractivity contribution in [2.24, 2.45) is 0 Å². The summed E-state index contributed by atoms with van der Waals surface area (Å²) < 4.78 is 10.4. The second-order valence-electron chi connectivity index (χ2n) is 3.49. The van der Waals surface area contributed by atoms with Crippen LogP contribution in [0, 0.1) is 0 Å². The second-order valence-corrected chi connectivity index (χ2v) is 3.87. The Hall–Kier alpha value is -0.890. The number of hydrogen-bond donors (Lipinski definition) is 0. The third-order valence-corrected chi connectivity index (χ3v) is 2.74. The third kappa shape index (κ3) is 3.03. The topological polar surface area (TPSA) is 18.5 Å². The van der Waals surface area contributed by atoms with E-state index in [2.05, 4.69) is 13.0 Å². The van der Waals surface area contributed by atoms with Crippen LogP contribution < -0.4 is 9.47 Å². The lowest BCUT2D eigenvalue weighted by molar-refractivity contribution is 0.354. The molecular weight excluding hydrogens is 212 g/mol. The lowest BCUT2D eigenvalue weighted by Crippen LogP contribution is -1.97. The van der Waals surface area contributed by atoms with Gasteiger partial charge in [0.2, 0.25) is 0 Å². The van der Waals surface area contributed by atoms with E-state index in [0.717, 1.165) is 17.9 Å². The predicted molar refractivity (Wildman–Crippen MR) is 63.3 cm³/mol. The van der Waals surface area contributed by atoms with Gasteiger partial charge in [-0.25, -0.2) is 0 Å². The number of halogens is 1. The van der Waals surface area contributed by atoms with Crippen molar-refractivity contribution in [3.63, 3.8) is 0 Å². The highest BCUT2D eigenvalue weighted by Crippen LogP contribution is 2.31. The van der Waals surface area contributed by atoms with E-state index in [-0.39, 0.29) is 0 Å². The van der Waals surface area contributed by atoms with E-state index in [9.17, 15) is 0 Å². The Morgan fingerprint density at radius 2 is 1.87 bits per heavy atom. The predicted octanol–water partition coefficient (Wildman–Crippen LogP) is 3.44. The summed E-state index contributed by atoms with van der Waals surface area (Å²) in [4.78, 5) is 0. The first-order valence-corrected chi connectivity index (χ1v) is 5.54. The molecule has 0 radical (unpaired) electrons. The molecule has 0 saturated carbocycles. The highest BCUT2D eigenvalue weighted by atomic mass is 35.5. The van der Waals surface area contributed by atoms with Crippen molar-refractivity contribution in [3.8, 4) is 11.5 Å². The zero-order chi connectivity index (χ0) is 11.3. The zero-order valence-corrected chi connectivity index (χ0v) is 10.2. The van der Waals surface area contributed by atoms with Crippen LogP contribution in [0.4, 0.5) is 0 Å². The molecule has 84 valence electrons. The van der Waals surface area contributed by atoms with Crippen molar-refractivity contribution < 1.29 is 9.47 Å². The van der Waals surface area contributed by atoms with Gasteiger partial charge < -0.3 is 9.47 Å². The van der Waals surface area contributed by atoms with E-state index < -0.39 is 0 Å². The average Bonchev–Trinajstić information content (AvgIpc) is 2.28. The van der Waals surface area contributed by atoms with Crippen LogP contribution in [0.25, 0.3) is 0 Å². The molecule has 1 aromatic carbocycles. The molecule has 1 unspecified atom stereocenters. The van der Waals surface area contributed by atoms with Crippen molar-refractivity contribution in [2.45, 2.75) is 19.3 Å². The van der Waals surface area contributed by atoms with Gasteiger partial charge >= 0.3 is 0 Å². The average molecular weight is 229 g/mol. The molecule has 0 aliphatic rings. The first kappa shape index (κ1) is 12.2. The molecule has 0 fully saturated rings. The molecule has 0 aromatic heterocycles. The maximum absolute atomic E-state index is 5.72. The quantitative estimate of drug-likeness (QED) is 0.719. The largest absolute Gasteiger partial charge is 0.493 e. The monoisotopic (exact) mass is 228 g/mol. The third-order valence-electron chi connectivity index (χ3n) is 2.52. The number of methoxy groups -OCH3 is 2. The van der Waals surface area contributed by atoms with E-state index >= 15 is 0 Å². The minimum atomic E-state index is 0.447. The molecule has 0 saturated heterocycles. The van der Waals surface area contributed by atoms with Crippen LogP contribution in [0.2, 0.25) is 0 Å². The van der Waals surface area contributed by atoms with Crippen molar-refractivity contribution in [1.29, 1.82) is 0 Å². The summed E-state index contributed by atoms with van der Waals surface area (Å²) in [7, 11) is 3.29. The van der Waals surface area contributed by atoms with Crippen molar-refractivity contribution in [1.82, 2.24) is 0 Å². The lowest BCUT2D eigenvalue weighted by atomic mass is 9.98. The molecule has 0 heterocycles. The maximum atomic E-state index is 5.72. The molecule has 0 aliphatic carbocycles. The first-order chi connectivity index (χ1) is 7.22. The summed E-state index contributed by atoms with van der Waals surface area (Å²) in [5.74, 6) is 2.66. The fourth-order valence-electron chi connectivity index (χ4n) is 1.49. The molecule has 0 amide bonds. The highest BCUT2D eigenvalue weighted by molar-refractivity contribution is 6.17. The summed E-state index contributed by atoms with van der Waals surface area (Å²) in [6.07, 6.45) is 0.969. The minimum Gasteiger partial charge on any atom is -0.493 e. The summed E-state index contributed by atoms with van der Waals surface area (Å²) in [5, 5.41) is 0. The molecule has 1 rings (SSSR count). The number of benzene rings is 1. The van der Waals surface area contributed by atoms with Crippen molar-refractivity contribution in [3.05, 3.63) is 23.8 Å². The van der Waals surface area contributed by atoms with Gasteiger partial charge in [-0.3, -0.25) is 0 Å². The van der Waals surface area contributed by atoms with Crippen LogP contribution in [-0.2, 0) is 0 Å². The number of ether oxygens (including phenoxy) is 2. The van der Waals surface area contributed by atoms with Crippen LogP contribution in [0.3, 0.4) is 0 Å². The summed E-state index contributed by atoms with van der Waals surface area (Å²) in [6, 6.07) is 5.99. The SMILES string of the molecule is COc1ccc(C(C)CCCl)cc1OC. The van der Waals surface area contributed by atoms with Crippen LogP contribution in [0.5, 0.6) is 11.5 Å². The van der Waals surface area contributed by atoms with Crippen LogP contribution in [0.15, 0.2) is 18.2 Å². The number of alkyl halides is 1. The molecule has 0 spiro atoms. The molecule has 3 heteroatoms. The van der Waals surface area contributed by atoms with E-state index in [1.54, 1.807) is 14.2 Å². The maximum Gasteiger partial charge on any atom is 0.160 e. The summed E-state index contributed by atoms with van der Waals surface area (Å²) >= 11 is 5.72. The molecule has 15 heavy (non-hydrogen) atoms. The molecule has 1 aromatic rings. The van der Waals surface area contributed by atoms with Gasteiger partial charge in [0.05, 0.1) is 14.2 Å². The first-order valence-electron chi connectivity index (χ1n) is 5.00. The second kappa shape index (κ2) is 5.86. The van der Waals surface area contributed by atoms with Gasteiger partial charge in [0.25, 0.3) is 0 Å². The van der Waals surface area contributed by atoms with Gasteiger partial charge in [0.15, 0.2) is 11.5 Å². The van der Waals surface area contributed by atoms with E-state index in [4.69, 9.17) is 21.1 Å². The Morgan fingerprint density at radius 3 is 2.40 bits per heavy atom. The molecule has 1 atom stereocenters. The standard InChI is InChI=1S/C12H17ClO2/c1-9(6-7-13)10-4-5-11(14-2)12(8-10)15-3/h4-5,8-9H,6-7H2,1-3H3. The Bertz CT molecular complexity index is 312. The lowest BCUT2D eigenvalue weighted by Gasteiger charge is -2.13.